The lowest BCUT2D eigenvalue weighted by Crippen LogP contribution is -2.33. The van der Waals surface area contributed by atoms with E-state index in [0.29, 0.717) is 64.3 Å². The quantitative estimate of drug-likeness (QED) is 0.502. The molecule has 196 valence electrons. The molecule has 0 saturated heterocycles. The second kappa shape index (κ2) is 9.94. The van der Waals surface area contributed by atoms with Gasteiger partial charge in [0, 0.05) is 18.3 Å². The van der Waals surface area contributed by atoms with Gasteiger partial charge in [-0.15, -0.1) is 0 Å². The van der Waals surface area contributed by atoms with Crippen molar-refractivity contribution in [3.05, 3.63) is 80.6 Å². The number of aryl methyl sites for hydroxylation is 2. The molecule has 38 heavy (non-hydrogen) atoms. The third kappa shape index (κ3) is 4.12. The van der Waals surface area contributed by atoms with Crippen molar-refractivity contribution in [1.29, 1.82) is 5.26 Å². The van der Waals surface area contributed by atoms with E-state index in [0.717, 1.165) is 5.56 Å². The Labute approximate surface area is 219 Å². The third-order valence-electron chi connectivity index (χ3n) is 6.78. The van der Waals surface area contributed by atoms with Gasteiger partial charge in [0.25, 0.3) is 5.56 Å². The van der Waals surface area contributed by atoms with E-state index in [2.05, 4.69) is 6.07 Å². The molecule has 0 saturated carbocycles. The van der Waals surface area contributed by atoms with Gasteiger partial charge >= 0.3 is 0 Å². The summed E-state index contributed by atoms with van der Waals surface area (Å²) in [6.07, 6.45) is 0.562. The van der Waals surface area contributed by atoms with Gasteiger partial charge in [-0.1, -0.05) is 6.07 Å². The number of hydrogen-bond acceptors (Lipinski definition) is 9. The van der Waals surface area contributed by atoms with E-state index in [9.17, 15) is 10.1 Å². The molecule has 1 aromatic heterocycles. The number of benzene rings is 2. The van der Waals surface area contributed by atoms with Gasteiger partial charge in [-0.25, -0.2) is 0 Å². The lowest BCUT2D eigenvalue weighted by molar-refractivity contribution is 0.171. The highest BCUT2D eigenvalue weighted by Gasteiger charge is 2.36. The zero-order valence-electron chi connectivity index (χ0n) is 21.5. The number of hydrogen-bond donors (Lipinski definition) is 1. The van der Waals surface area contributed by atoms with Crippen LogP contribution in [0.3, 0.4) is 0 Å². The van der Waals surface area contributed by atoms with E-state index in [1.165, 1.54) is 7.11 Å². The minimum Gasteiger partial charge on any atom is -0.493 e. The molecule has 10 heteroatoms. The van der Waals surface area contributed by atoms with Crippen LogP contribution in [-0.2, 0) is 13.0 Å². The van der Waals surface area contributed by atoms with Gasteiger partial charge in [-0.3, -0.25) is 4.79 Å². The molecule has 0 bridgehead atoms. The summed E-state index contributed by atoms with van der Waals surface area (Å²) in [4.78, 5) is 14.0. The van der Waals surface area contributed by atoms with Crippen LogP contribution in [-0.4, -0.2) is 32.7 Å². The molecule has 0 fully saturated rings. The number of fused-ring (bicyclic) bond motifs is 2. The highest BCUT2D eigenvalue weighted by atomic mass is 16.7. The standard InChI is InChI=1S/C28H27N3O7/c1-15-9-21-25(28(32)31(15)8-7-16-5-6-19(33-2)20(10-16)34-3)24(18(13-29)27(30)38-21)17-11-22(35-4)26-23(12-17)36-14-37-26/h5-6,9-12,24H,7-8,14,30H2,1-4H3/t24-/m1/s1. The lowest BCUT2D eigenvalue weighted by atomic mass is 9.83. The number of aromatic nitrogens is 1. The minimum absolute atomic E-state index is 0.0464. The number of nitrogens with two attached hydrogens (primary N) is 1. The summed E-state index contributed by atoms with van der Waals surface area (Å²) in [5.41, 5.74) is 8.60. The van der Waals surface area contributed by atoms with Crippen LogP contribution < -0.4 is 39.7 Å². The Hall–Kier alpha value is -4.78. The van der Waals surface area contributed by atoms with Crippen molar-refractivity contribution in [1.82, 2.24) is 4.57 Å². The van der Waals surface area contributed by atoms with Crippen molar-refractivity contribution in [3.63, 3.8) is 0 Å². The molecular formula is C28H27N3O7. The van der Waals surface area contributed by atoms with Crippen LogP contribution in [0.4, 0.5) is 0 Å². The second-order valence-electron chi connectivity index (χ2n) is 8.84. The van der Waals surface area contributed by atoms with Crippen LogP contribution in [0.25, 0.3) is 0 Å². The van der Waals surface area contributed by atoms with Crippen molar-refractivity contribution >= 4 is 0 Å². The van der Waals surface area contributed by atoms with E-state index in [1.54, 1.807) is 37.0 Å². The molecule has 2 aliphatic rings. The highest BCUT2D eigenvalue weighted by Crippen LogP contribution is 2.47. The summed E-state index contributed by atoms with van der Waals surface area (Å²) in [5.74, 6) is 2.08. The number of nitriles is 1. The zero-order valence-corrected chi connectivity index (χ0v) is 21.5. The van der Waals surface area contributed by atoms with Gasteiger partial charge in [-0.05, 0) is 48.7 Å². The Kier molecular flexibility index (Phi) is 6.51. The van der Waals surface area contributed by atoms with Crippen molar-refractivity contribution < 1.29 is 28.4 Å². The fraction of sp³-hybridized carbons (Fsp3) is 0.286. The summed E-state index contributed by atoms with van der Waals surface area (Å²) in [7, 11) is 4.68. The first-order valence-corrected chi connectivity index (χ1v) is 11.9. The summed E-state index contributed by atoms with van der Waals surface area (Å²) in [5, 5.41) is 10.0. The van der Waals surface area contributed by atoms with Crippen LogP contribution in [0, 0.1) is 18.3 Å². The maximum atomic E-state index is 14.0. The highest BCUT2D eigenvalue weighted by molar-refractivity contribution is 5.61. The number of methoxy groups -OCH3 is 3. The van der Waals surface area contributed by atoms with E-state index in [4.69, 9.17) is 34.2 Å². The summed E-state index contributed by atoms with van der Waals surface area (Å²) in [6.45, 7) is 2.27. The number of allylic oxidation sites excluding steroid dienone is 1. The van der Waals surface area contributed by atoms with Gasteiger partial charge in [0.05, 0.1) is 32.8 Å². The molecule has 5 rings (SSSR count). The fourth-order valence-electron chi connectivity index (χ4n) is 4.89. The predicted octanol–water partition coefficient (Wildman–Crippen LogP) is 3.37. The van der Waals surface area contributed by atoms with Gasteiger partial charge in [0.15, 0.2) is 23.0 Å². The Morgan fingerprint density at radius 1 is 1.03 bits per heavy atom. The molecule has 0 aliphatic carbocycles. The third-order valence-corrected chi connectivity index (χ3v) is 6.78. The summed E-state index contributed by atoms with van der Waals surface area (Å²) < 4.78 is 34.8. The predicted molar refractivity (Wildman–Crippen MR) is 137 cm³/mol. The van der Waals surface area contributed by atoms with Crippen LogP contribution in [0.5, 0.6) is 34.5 Å². The SMILES string of the molecule is COc1ccc(CCn2c(C)cc3c(c2=O)[C@H](c2cc(OC)c4c(c2)OCO4)C(C#N)=C(N)O3)cc1OC. The zero-order chi connectivity index (χ0) is 27.0. The monoisotopic (exact) mass is 517 g/mol. The number of rotatable bonds is 7. The van der Waals surface area contributed by atoms with Gasteiger partial charge in [0.1, 0.15) is 17.4 Å². The molecule has 3 aromatic rings. The van der Waals surface area contributed by atoms with Gasteiger partial charge in [-0.2, -0.15) is 5.26 Å². The summed E-state index contributed by atoms with van der Waals surface area (Å²) >= 11 is 0. The first kappa shape index (κ1) is 24.9. The maximum absolute atomic E-state index is 14.0. The van der Waals surface area contributed by atoms with Crippen LogP contribution in [0.15, 0.2) is 52.6 Å². The van der Waals surface area contributed by atoms with Crippen molar-refractivity contribution in [2.75, 3.05) is 28.1 Å². The first-order valence-electron chi connectivity index (χ1n) is 11.9. The Morgan fingerprint density at radius 3 is 2.50 bits per heavy atom. The maximum Gasteiger partial charge on any atom is 0.258 e. The molecule has 2 aromatic carbocycles. The first-order chi connectivity index (χ1) is 18.4. The molecule has 0 amide bonds. The lowest BCUT2D eigenvalue weighted by Gasteiger charge is -2.27. The molecule has 10 nitrogen and oxygen atoms in total. The van der Waals surface area contributed by atoms with Gasteiger partial charge in [0.2, 0.25) is 18.4 Å². The Morgan fingerprint density at radius 2 is 1.79 bits per heavy atom. The Balaban J connectivity index is 1.59. The van der Waals surface area contributed by atoms with Crippen molar-refractivity contribution in [3.8, 4) is 40.6 Å². The molecule has 0 radical (unpaired) electrons. The number of nitrogens with zero attached hydrogens (tertiary/aromatic N) is 2. The normalized spacial score (nSPS) is 15.4. The fourth-order valence-corrected chi connectivity index (χ4v) is 4.89. The van der Waals surface area contributed by atoms with Gasteiger partial charge < -0.3 is 38.7 Å². The minimum atomic E-state index is -0.785. The number of ether oxygens (including phenoxy) is 6. The molecule has 1 atom stereocenters. The largest absolute Gasteiger partial charge is 0.493 e. The second-order valence-corrected chi connectivity index (χ2v) is 8.84. The Bertz CT molecular complexity index is 1550. The molecule has 0 unspecified atom stereocenters. The molecular weight excluding hydrogens is 490 g/mol. The molecule has 2 aliphatic heterocycles. The van der Waals surface area contributed by atoms with Crippen molar-refractivity contribution in [2.24, 2.45) is 5.73 Å². The van der Waals surface area contributed by atoms with Crippen molar-refractivity contribution in [2.45, 2.75) is 25.8 Å². The molecule has 0 spiro atoms. The van der Waals surface area contributed by atoms with E-state index in [1.807, 2.05) is 25.1 Å². The number of pyridine rings is 1. The van der Waals surface area contributed by atoms with E-state index in [-0.39, 0.29) is 23.8 Å². The van der Waals surface area contributed by atoms with Crippen LogP contribution >= 0.6 is 0 Å². The topological polar surface area (TPSA) is 127 Å². The van der Waals surface area contributed by atoms with Crippen LogP contribution in [0.1, 0.15) is 28.3 Å². The van der Waals surface area contributed by atoms with Crippen LogP contribution in [0.2, 0.25) is 0 Å². The van der Waals surface area contributed by atoms with E-state index < -0.39 is 5.92 Å². The summed E-state index contributed by atoms with van der Waals surface area (Å²) in [6, 6.07) is 13.0. The molecule has 2 N–H and O–H groups in total. The molecule has 3 heterocycles. The smallest absolute Gasteiger partial charge is 0.258 e. The van der Waals surface area contributed by atoms with E-state index >= 15 is 0 Å². The average Bonchev–Trinajstić information content (AvgIpc) is 3.40. The average molecular weight is 518 g/mol.